The molecule has 2 unspecified atom stereocenters. The molecule has 4 rings (SSSR count). The van der Waals surface area contributed by atoms with Crippen LogP contribution in [0.25, 0.3) is 0 Å². The van der Waals surface area contributed by atoms with Gasteiger partial charge in [-0.05, 0) is 43.9 Å². The minimum absolute atomic E-state index is 0.207. The van der Waals surface area contributed by atoms with Crippen molar-refractivity contribution in [3.63, 3.8) is 0 Å². The van der Waals surface area contributed by atoms with Gasteiger partial charge in [0.2, 0.25) is 6.08 Å². The molecule has 3 heteroatoms. The molecule has 3 nitrogen and oxygen atoms in total. The lowest BCUT2D eigenvalue weighted by molar-refractivity contribution is -0.142. The van der Waals surface area contributed by atoms with Gasteiger partial charge < -0.3 is 0 Å². The number of Topliss-reactive ketones (excluding diaryl/α,β-unsaturated/α-hetero) is 1. The van der Waals surface area contributed by atoms with Crippen molar-refractivity contribution in [3.8, 4) is 0 Å². The second-order valence-electron chi connectivity index (χ2n) is 5.14. The summed E-state index contributed by atoms with van der Waals surface area (Å²) in [4.78, 5) is 26.2. The Morgan fingerprint density at radius 2 is 1.86 bits per heavy atom. The molecule has 4 bridgehead atoms. The maximum Gasteiger partial charge on any atom is 0.235 e. The largest absolute Gasteiger partial charge is 0.297 e. The number of isocyanates is 1. The van der Waals surface area contributed by atoms with Crippen LogP contribution in [0.3, 0.4) is 0 Å². The number of aliphatic imine (C=N–C) groups is 1. The molecule has 0 radical (unpaired) electrons. The maximum atomic E-state index is 12.0. The van der Waals surface area contributed by atoms with Crippen LogP contribution in [-0.2, 0) is 9.59 Å². The van der Waals surface area contributed by atoms with Crippen LogP contribution in [0.4, 0.5) is 0 Å². The number of hydrogen-bond acceptors (Lipinski definition) is 3. The molecule has 0 spiro atoms. The Kier molecular flexibility index (Phi) is 1.52. The first kappa shape index (κ1) is 8.37. The molecule has 0 amide bonds. The summed E-state index contributed by atoms with van der Waals surface area (Å²) in [6.45, 7) is 0. The molecule has 4 saturated carbocycles. The van der Waals surface area contributed by atoms with E-state index >= 15 is 0 Å². The van der Waals surface area contributed by atoms with E-state index < -0.39 is 5.54 Å². The summed E-state index contributed by atoms with van der Waals surface area (Å²) in [5.41, 5.74) is -0.628. The predicted molar refractivity (Wildman–Crippen MR) is 49.4 cm³/mol. The minimum atomic E-state index is -0.628. The fourth-order valence-electron chi connectivity index (χ4n) is 3.97. The van der Waals surface area contributed by atoms with Crippen molar-refractivity contribution in [2.75, 3.05) is 0 Å². The van der Waals surface area contributed by atoms with Gasteiger partial charge in [0.25, 0.3) is 0 Å². The Balaban J connectivity index is 2.05. The smallest absolute Gasteiger partial charge is 0.235 e. The molecule has 4 aliphatic rings. The summed E-state index contributed by atoms with van der Waals surface area (Å²) < 4.78 is 0. The summed E-state index contributed by atoms with van der Waals surface area (Å²) in [6, 6.07) is 0. The second-order valence-corrected chi connectivity index (χ2v) is 5.14. The number of hydrogen-bond donors (Lipinski definition) is 0. The van der Waals surface area contributed by atoms with E-state index in [9.17, 15) is 9.59 Å². The van der Waals surface area contributed by atoms with Crippen molar-refractivity contribution in [1.82, 2.24) is 0 Å². The van der Waals surface area contributed by atoms with Crippen molar-refractivity contribution < 1.29 is 9.59 Å². The van der Waals surface area contributed by atoms with Crippen LogP contribution in [0.2, 0.25) is 0 Å². The van der Waals surface area contributed by atoms with Gasteiger partial charge in [0.05, 0.1) is 0 Å². The second kappa shape index (κ2) is 2.54. The molecule has 0 saturated heterocycles. The third-order valence-electron chi connectivity index (χ3n) is 4.24. The number of ketones is 1. The Morgan fingerprint density at radius 3 is 2.43 bits per heavy atom. The lowest BCUT2D eigenvalue weighted by Gasteiger charge is -2.52. The highest BCUT2D eigenvalue weighted by molar-refractivity contribution is 5.93. The summed E-state index contributed by atoms with van der Waals surface area (Å²) in [5, 5.41) is 0. The van der Waals surface area contributed by atoms with Gasteiger partial charge >= 0.3 is 0 Å². The van der Waals surface area contributed by atoms with Crippen LogP contribution < -0.4 is 0 Å². The van der Waals surface area contributed by atoms with Gasteiger partial charge in [0.1, 0.15) is 5.54 Å². The zero-order chi connectivity index (χ0) is 9.76. The Bertz CT molecular complexity index is 329. The normalized spacial score (nSPS) is 49.1. The molecule has 4 atom stereocenters. The summed E-state index contributed by atoms with van der Waals surface area (Å²) >= 11 is 0. The van der Waals surface area contributed by atoms with Crippen molar-refractivity contribution in [2.45, 2.75) is 37.6 Å². The first-order valence-electron chi connectivity index (χ1n) is 5.37. The Labute approximate surface area is 82.6 Å². The lowest BCUT2D eigenvalue weighted by atomic mass is 9.52. The summed E-state index contributed by atoms with van der Waals surface area (Å²) in [6.07, 6.45) is 6.58. The number of rotatable bonds is 1. The quantitative estimate of drug-likeness (QED) is 0.465. The molecule has 0 heterocycles. The van der Waals surface area contributed by atoms with E-state index in [1.807, 2.05) is 0 Å². The summed E-state index contributed by atoms with van der Waals surface area (Å²) in [5.74, 6) is 1.72. The van der Waals surface area contributed by atoms with Crippen LogP contribution in [-0.4, -0.2) is 17.4 Å². The standard InChI is InChI=1S/C11H13NO2/c13-6-12-11-4-7-1-8(5-11)3-9(2-7)10(11)14/h7-9H,1-5H2/t7-,8+,9?,11?. The maximum absolute atomic E-state index is 12.0. The van der Waals surface area contributed by atoms with Crippen LogP contribution in [0.5, 0.6) is 0 Å². The van der Waals surface area contributed by atoms with Gasteiger partial charge in [0, 0.05) is 5.92 Å². The monoisotopic (exact) mass is 191 g/mol. The summed E-state index contributed by atoms with van der Waals surface area (Å²) in [7, 11) is 0. The van der Waals surface area contributed by atoms with Crippen molar-refractivity contribution in [3.05, 3.63) is 0 Å². The van der Waals surface area contributed by atoms with Crippen LogP contribution in [0.1, 0.15) is 32.1 Å². The van der Waals surface area contributed by atoms with Crippen LogP contribution >= 0.6 is 0 Å². The van der Waals surface area contributed by atoms with Gasteiger partial charge in [-0.2, -0.15) is 4.99 Å². The van der Waals surface area contributed by atoms with E-state index in [0.29, 0.717) is 11.8 Å². The molecule has 4 aliphatic carbocycles. The molecule has 0 N–H and O–H groups in total. The predicted octanol–water partition coefficient (Wildman–Crippen LogP) is 1.47. The highest BCUT2D eigenvalue weighted by Crippen LogP contribution is 2.55. The molecule has 4 fully saturated rings. The van der Waals surface area contributed by atoms with E-state index in [1.54, 1.807) is 6.08 Å². The Hall–Kier alpha value is -0.950. The van der Waals surface area contributed by atoms with Gasteiger partial charge in [0.15, 0.2) is 5.78 Å². The molecular formula is C11H13NO2. The van der Waals surface area contributed by atoms with E-state index in [1.165, 1.54) is 6.42 Å². The first-order valence-corrected chi connectivity index (χ1v) is 5.37. The fraction of sp³-hybridized carbons (Fsp3) is 0.818. The van der Waals surface area contributed by atoms with Gasteiger partial charge in [-0.15, -0.1) is 0 Å². The zero-order valence-electron chi connectivity index (χ0n) is 8.03. The van der Waals surface area contributed by atoms with Crippen molar-refractivity contribution >= 4 is 11.9 Å². The first-order chi connectivity index (χ1) is 6.73. The number of nitrogens with zero attached hydrogens (tertiary/aromatic N) is 1. The molecule has 0 aliphatic heterocycles. The van der Waals surface area contributed by atoms with Crippen LogP contribution in [0.15, 0.2) is 4.99 Å². The highest BCUT2D eigenvalue weighted by atomic mass is 16.1. The van der Waals surface area contributed by atoms with Gasteiger partial charge in [-0.3, -0.25) is 4.79 Å². The third-order valence-corrected chi connectivity index (χ3v) is 4.24. The average molecular weight is 191 g/mol. The number of carbonyl (C=O) groups is 1. The topological polar surface area (TPSA) is 46.5 Å². The molecule has 0 aromatic carbocycles. The SMILES string of the molecule is O=C=NC12C[C@@H]3CC(C[C@@H](C3)C1)C2=O. The third kappa shape index (κ3) is 0.908. The average Bonchev–Trinajstić information content (AvgIpc) is 2.13. The molecule has 0 aromatic heterocycles. The molecule has 0 aromatic rings. The van der Waals surface area contributed by atoms with E-state index in [0.717, 1.165) is 25.7 Å². The van der Waals surface area contributed by atoms with E-state index in [4.69, 9.17) is 0 Å². The molecule has 74 valence electrons. The zero-order valence-corrected chi connectivity index (χ0v) is 8.03. The van der Waals surface area contributed by atoms with Crippen molar-refractivity contribution in [2.24, 2.45) is 22.7 Å². The van der Waals surface area contributed by atoms with E-state index in [2.05, 4.69) is 4.99 Å². The Morgan fingerprint density at radius 1 is 1.21 bits per heavy atom. The molecular weight excluding hydrogens is 178 g/mol. The highest BCUT2D eigenvalue weighted by Gasteiger charge is 2.57. The van der Waals surface area contributed by atoms with E-state index in [-0.39, 0.29) is 11.7 Å². The van der Waals surface area contributed by atoms with Gasteiger partial charge in [-0.1, -0.05) is 0 Å². The fourth-order valence-corrected chi connectivity index (χ4v) is 3.97. The van der Waals surface area contributed by atoms with Crippen LogP contribution in [0, 0.1) is 17.8 Å². The minimum Gasteiger partial charge on any atom is -0.297 e. The number of carbonyl (C=O) groups excluding carboxylic acids is 2. The molecule has 14 heavy (non-hydrogen) atoms. The lowest BCUT2D eigenvalue weighted by Crippen LogP contribution is -2.56. The van der Waals surface area contributed by atoms with Gasteiger partial charge in [-0.25, -0.2) is 4.79 Å². The van der Waals surface area contributed by atoms with Crippen molar-refractivity contribution in [1.29, 1.82) is 0 Å².